The van der Waals surface area contributed by atoms with E-state index in [1.807, 2.05) is 26.0 Å². The van der Waals surface area contributed by atoms with Crippen molar-refractivity contribution in [3.8, 4) is 0 Å². The summed E-state index contributed by atoms with van der Waals surface area (Å²) in [6.07, 6.45) is 9.04. The first-order valence-corrected chi connectivity index (χ1v) is 13.8. The molecule has 3 aliphatic heterocycles. The number of halogens is 1. The Kier molecular flexibility index (Phi) is 7.61. The number of carbonyl (C=O) groups is 3. The minimum atomic E-state index is -1.15. The van der Waals surface area contributed by atoms with Crippen LogP contribution in [0.3, 0.4) is 0 Å². The highest BCUT2D eigenvalue weighted by Gasteiger charge is 2.72. The van der Waals surface area contributed by atoms with Gasteiger partial charge in [0.15, 0.2) is 0 Å². The van der Waals surface area contributed by atoms with Crippen LogP contribution in [0.15, 0.2) is 36.4 Å². The zero-order valence-electron chi connectivity index (χ0n) is 21.5. The Hall–Kier alpha value is -2.42. The fourth-order valence-corrected chi connectivity index (χ4v) is 6.47. The monoisotopic (exact) mass is 529 g/mol. The molecule has 1 spiro atoms. The molecular formula is C28H36ClN3O5. The maximum atomic E-state index is 13.9. The molecule has 3 fully saturated rings. The molecule has 2 bridgehead atoms. The Morgan fingerprint density at radius 3 is 2.59 bits per heavy atom. The first-order chi connectivity index (χ1) is 17.8. The molecule has 1 aliphatic carbocycles. The van der Waals surface area contributed by atoms with Crippen molar-refractivity contribution >= 4 is 35.0 Å². The van der Waals surface area contributed by atoms with Gasteiger partial charge in [0.1, 0.15) is 11.6 Å². The molecule has 1 aromatic carbocycles. The molecule has 1 saturated carbocycles. The third kappa shape index (κ3) is 5.03. The fourth-order valence-electron chi connectivity index (χ4n) is 6.35. The van der Waals surface area contributed by atoms with E-state index in [1.54, 1.807) is 29.2 Å². The van der Waals surface area contributed by atoms with Crippen LogP contribution in [0.2, 0.25) is 5.02 Å². The Bertz CT molecular complexity index is 1050. The van der Waals surface area contributed by atoms with Crippen molar-refractivity contribution in [3.63, 3.8) is 0 Å². The van der Waals surface area contributed by atoms with E-state index in [9.17, 15) is 14.4 Å². The van der Waals surface area contributed by atoms with Crippen LogP contribution >= 0.6 is 11.6 Å². The Labute approximate surface area is 223 Å². The van der Waals surface area contributed by atoms with Crippen LogP contribution < -0.4 is 10.6 Å². The molecular weight excluding hydrogens is 494 g/mol. The van der Waals surface area contributed by atoms with Gasteiger partial charge < -0.3 is 25.0 Å². The van der Waals surface area contributed by atoms with E-state index in [2.05, 4.69) is 10.6 Å². The van der Waals surface area contributed by atoms with Crippen molar-refractivity contribution in [1.29, 1.82) is 0 Å². The summed E-state index contributed by atoms with van der Waals surface area (Å²) in [7, 11) is 0. The summed E-state index contributed by atoms with van der Waals surface area (Å²) >= 11 is 5.98. The molecule has 5 unspecified atom stereocenters. The van der Waals surface area contributed by atoms with Gasteiger partial charge in [-0.15, -0.1) is 0 Å². The van der Waals surface area contributed by atoms with Crippen molar-refractivity contribution in [3.05, 3.63) is 41.4 Å². The van der Waals surface area contributed by atoms with Gasteiger partial charge in [-0.05, 0) is 57.4 Å². The third-order valence-electron chi connectivity index (χ3n) is 7.98. The van der Waals surface area contributed by atoms with Crippen LogP contribution in [0.25, 0.3) is 0 Å². The molecule has 0 aromatic heterocycles. The van der Waals surface area contributed by atoms with E-state index >= 15 is 0 Å². The lowest BCUT2D eigenvalue weighted by Crippen LogP contribution is -2.56. The van der Waals surface area contributed by atoms with Gasteiger partial charge in [-0.3, -0.25) is 14.4 Å². The van der Waals surface area contributed by atoms with Gasteiger partial charge in [-0.2, -0.15) is 0 Å². The van der Waals surface area contributed by atoms with Crippen LogP contribution in [0.4, 0.5) is 5.69 Å². The SMILES string of the molecule is CC(C)OCCCN1C(=O)C2C(C(=O)Nc3ccc(Cl)cc3)C3C=CC2(O3)C1C(=O)NC1CCCCC1. The molecule has 5 atom stereocenters. The van der Waals surface area contributed by atoms with E-state index in [0.29, 0.717) is 30.3 Å². The highest BCUT2D eigenvalue weighted by Crippen LogP contribution is 2.55. The van der Waals surface area contributed by atoms with E-state index in [0.717, 1.165) is 25.7 Å². The van der Waals surface area contributed by atoms with Crippen molar-refractivity contribution in [2.24, 2.45) is 11.8 Å². The number of fused-ring (bicyclic) bond motifs is 1. The standard InChI is InChI=1S/C28H36ClN3O5/c1-17(2)36-16-6-15-32-24(26(34)31-19-7-4-3-5-8-19)28-14-13-21(37-28)22(23(28)27(32)35)25(33)30-20-11-9-18(29)10-12-20/h9-14,17,19,21-24H,3-8,15-16H2,1-2H3,(H,30,33)(H,31,34). The highest BCUT2D eigenvalue weighted by atomic mass is 35.5. The lowest BCUT2D eigenvalue weighted by Gasteiger charge is -2.34. The molecule has 8 nitrogen and oxygen atoms in total. The first kappa shape index (κ1) is 26.2. The summed E-state index contributed by atoms with van der Waals surface area (Å²) in [6.45, 7) is 4.77. The topological polar surface area (TPSA) is 97.0 Å². The zero-order chi connectivity index (χ0) is 26.2. The van der Waals surface area contributed by atoms with Gasteiger partial charge >= 0.3 is 0 Å². The lowest BCUT2D eigenvalue weighted by atomic mass is 9.74. The van der Waals surface area contributed by atoms with Gasteiger partial charge in [0.2, 0.25) is 17.7 Å². The molecule has 3 amide bonds. The van der Waals surface area contributed by atoms with E-state index in [4.69, 9.17) is 21.1 Å². The van der Waals surface area contributed by atoms with Gasteiger partial charge in [-0.25, -0.2) is 0 Å². The Morgan fingerprint density at radius 1 is 1.16 bits per heavy atom. The summed E-state index contributed by atoms with van der Waals surface area (Å²) in [4.78, 5) is 42.8. The molecule has 1 aromatic rings. The summed E-state index contributed by atoms with van der Waals surface area (Å²) in [5.74, 6) is -2.20. The lowest BCUT2D eigenvalue weighted by molar-refractivity contribution is -0.141. The van der Waals surface area contributed by atoms with Crippen LogP contribution in [-0.4, -0.2) is 65.7 Å². The number of amides is 3. The fraction of sp³-hybridized carbons (Fsp3) is 0.607. The number of anilines is 1. The molecule has 4 aliphatic rings. The van der Waals surface area contributed by atoms with Crippen LogP contribution in [-0.2, 0) is 23.9 Å². The number of hydrogen-bond acceptors (Lipinski definition) is 5. The van der Waals surface area contributed by atoms with Gasteiger partial charge in [-0.1, -0.05) is 43.0 Å². The molecule has 200 valence electrons. The van der Waals surface area contributed by atoms with Gasteiger partial charge in [0, 0.05) is 29.9 Å². The summed E-state index contributed by atoms with van der Waals surface area (Å²) in [6, 6.07) is 6.12. The molecule has 37 heavy (non-hydrogen) atoms. The molecule has 2 saturated heterocycles. The number of nitrogens with zero attached hydrogens (tertiary/aromatic N) is 1. The third-order valence-corrected chi connectivity index (χ3v) is 8.23. The minimum Gasteiger partial charge on any atom is -0.379 e. The van der Waals surface area contributed by atoms with Crippen molar-refractivity contribution in [2.45, 2.75) is 82.3 Å². The van der Waals surface area contributed by atoms with E-state index in [1.165, 1.54) is 6.42 Å². The summed E-state index contributed by atoms with van der Waals surface area (Å²) in [5.41, 5.74) is -0.559. The predicted octanol–water partition coefficient (Wildman–Crippen LogP) is 3.69. The summed E-state index contributed by atoms with van der Waals surface area (Å²) < 4.78 is 12.1. The second-order valence-corrected chi connectivity index (χ2v) is 11.3. The molecule has 2 N–H and O–H groups in total. The number of likely N-dealkylation sites (tertiary alicyclic amines) is 1. The average Bonchev–Trinajstić information content (AvgIpc) is 3.51. The number of rotatable bonds is 9. The smallest absolute Gasteiger partial charge is 0.246 e. The number of nitrogens with one attached hydrogen (secondary N) is 2. The van der Waals surface area contributed by atoms with Crippen molar-refractivity contribution < 1.29 is 23.9 Å². The Balaban J connectivity index is 1.39. The quantitative estimate of drug-likeness (QED) is 0.375. The van der Waals surface area contributed by atoms with Crippen LogP contribution in [0, 0.1) is 11.8 Å². The second-order valence-electron chi connectivity index (χ2n) is 10.8. The largest absolute Gasteiger partial charge is 0.379 e. The van der Waals surface area contributed by atoms with Gasteiger partial charge in [0.05, 0.1) is 24.0 Å². The van der Waals surface area contributed by atoms with Gasteiger partial charge in [0.25, 0.3) is 0 Å². The first-order valence-electron chi connectivity index (χ1n) is 13.5. The molecule has 0 radical (unpaired) electrons. The number of ether oxygens (including phenoxy) is 2. The number of hydrogen-bond donors (Lipinski definition) is 2. The van der Waals surface area contributed by atoms with E-state index < -0.39 is 29.6 Å². The van der Waals surface area contributed by atoms with E-state index in [-0.39, 0.29) is 29.9 Å². The average molecular weight is 530 g/mol. The normalized spacial score (nSPS) is 30.7. The van der Waals surface area contributed by atoms with Crippen molar-refractivity contribution in [2.75, 3.05) is 18.5 Å². The number of carbonyl (C=O) groups excluding carboxylic acids is 3. The Morgan fingerprint density at radius 2 is 1.89 bits per heavy atom. The zero-order valence-corrected chi connectivity index (χ0v) is 22.2. The molecule has 3 heterocycles. The maximum absolute atomic E-state index is 13.9. The maximum Gasteiger partial charge on any atom is 0.246 e. The molecule has 9 heteroatoms. The van der Waals surface area contributed by atoms with Crippen LogP contribution in [0.1, 0.15) is 52.4 Å². The summed E-state index contributed by atoms with van der Waals surface area (Å²) in [5, 5.41) is 6.69. The minimum absolute atomic E-state index is 0.0838. The number of benzene rings is 1. The second kappa shape index (κ2) is 10.8. The van der Waals surface area contributed by atoms with Crippen LogP contribution in [0.5, 0.6) is 0 Å². The predicted molar refractivity (Wildman–Crippen MR) is 140 cm³/mol. The molecule has 5 rings (SSSR count). The highest BCUT2D eigenvalue weighted by molar-refractivity contribution is 6.30. The van der Waals surface area contributed by atoms with Crippen molar-refractivity contribution in [1.82, 2.24) is 10.2 Å².